The number of nitrogens with one attached hydrogen (secondary N) is 1. The van der Waals surface area contributed by atoms with Gasteiger partial charge in [-0.15, -0.1) is 0 Å². The second-order valence-corrected chi connectivity index (χ2v) is 8.84. The summed E-state index contributed by atoms with van der Waals surface area (Å²) in [5, 5.41) is 1.17. The number of benzene rings is 3. The molecule has 0 atom stereocenters. The fourth-order valence-corrected chi connectivity index (χ4v) is 5.11. The van der Waals surface area contributed by atoms with Gasteiger partial charge in [0.2, 0.25) is 0 Å². The van der Waals surface area contributed by atoms with Crippen LogP contribution in [0.2, 0.25) is 0 Å². The summed E-state index contributed by atoms with van der Waals surface area (Å²) in [6, 6.07) is 28.4. The van der Waals surface area contributed by atoms with Crippen LogP contribution in [0.25, 0.3) is 21.9 Å². The Bertz CT molecular complexity index is 1350. The molecule has 1 saturated heterocycles. The van der Waals surface area contributed by atoms with Gasteiger partial charge in [-0.3, -0.25) is 4.90 Å². The van der Waals surface area contributed by atoms with Gasteiger partial charge in [-0.25, -0.2) is 9.97 Å². The number of hydrogen-bond donors (Lipinski definition) is 1. The highest BCUT2D eigenvalue weighted by Gasteiger charge is 2.28. The lowest BCUT2D eigenvalue weighted by Crippen LogP contribution is -2.48. The van der Waals surface area contributed by atoms with E-state index in [-0.39, 0.29) is 6.04 Å². The van der Waals surface area contributed by atoms with E-state index < -0.39 is 0 Å². The van der Waals surface area contributed by atoms with E-state index in [0.29, 0.717) is 0 Å². The maximum Gasteiger partial charge on any atom is 0.156 e. The Morgan fingerprint density at radius 1 is 0.788 bits per heavy atom. The van der Waals surface area contributed by atoms with Crippen LogP contribution < -0.4 is 4.90 Å². The van der Waals surface area contributed by atoms with Crippen molar-refractivity contribution in [3.8, 4) is 0 Å². The molecule has 3 heterocycles. The van der Waals surface area contributed by atoms with Gasteiger partial charge in [-0.1, -0.05) is 72.3 Å². The third kappa shape index (κ3) is 3.64. The maximum atomic E-state index is 4.70. The van der Waals surface area contributed by atoms with E-state index in [9.17, 15) is 0 Å². The molecule has 0 aliphatic carbocycles. The van der Waals surface area contributed by atoms with Crippen LogP contribution in [0.5, 0.6) is 0 Å². The quantitative estimate of drug-likeness (QED) is 0.416. The van der Waals surface area contributed by atoms with Crippen molar-refractivity contribution < 1.29 is 0 Å². The normalized spacial score (nSPS) is 15.0. The predicted molar refractivity (Wildman–Crippen MR) is 135 cm³/mol. The first kappa shape index (κ1) is 19.9. The number of rotatable bonds is 4. The zero-order chi connectivity index (χ0) is 22.2. The first-order chi connectivity index (χ1) is 16.3. The molecule has 1 fully saturated rings. The van der Waals surface area contributed by atoms with Crippen LogP contribution in [0, 0.1) is 6.92 Å². The average molecular weight is 434 g/mol. The first-order valence-electron chi connectivity index (χ1n) is 11.6. The Kier molecular flexibility index (Phi) is 5.04. The number of nitrogens with zero attached hydrogens (tertiary/aromatic N) is 4. The van der Waals surface area contributed by atoms with Crippen LogP contribution >= 0.6 is 0 Å². The molecule has 0 saturated carbocycles. The maximum absolute atomic E-state index is 4.70. The molecule has 5 nitrogen and oxygen atoms in total. The highest BCUT2D eigenvalue weighted by molar-refractivity contribution is 6.08. The molecule has 0 spiro atoms. The minimum Gasteiger partial charge on any atom is -0.352 e. The van der Waals surface area contributed by atoms with E-state index in [4.69, 9.17) is 4.98 Å². The molecule has 0 bridgehead atoms. The van der Waals surface area contributed by atoms with Crippen molar-refractivity contribution in [2.75, 3.05) is 31.1 Å². The molecule has 1 aliphatic rings. The highest BCUT2D eigenvalue weighted by Crippen LogP contribution is 2.33. The van der Waals surface area contributed by atoms with E-state index in [1.807, 2.05) is 0 Å². The summed E-state index contributed by atoms with van der Waals surface area (Å²) >= 11 is 0. The molecule has 5 aromatic rings. The number of piperazine rings is 1. The standard InChI is InChI=1S/C28H27N5/c1-20-12-13-24-23(18-20)25-26(31-24)28(30-19-29-25)33-16-14-32(15-17-33)27(21-8-4-2-5-9-21)22-10-6-3-7-11-22/h2-13,18-19,27,31H,14-17H2,1H3. The number of fused-ring (bicyclic) bond motifs is 3. The molecular formula is C28H27N5. The van der Waals surface area contributed by atoms with Gasteiger partial charge >= 0.3 is 0 Å². The molecule has 0 radical (unpaired) electrons. The number of hydrogen-bond acceptors (Lipinski definition) is 4. The molecule has 6 rings (SSSR count). The molecular weight excluding hydrogens is 406 g/mol. The largest absolute Gasteiger partial charge is 0.352 e. The van der Waals surface area contributed by atoms with Crippen LogP contribution in [0.4, 0.5) is 5.82 Å². The molecule has 3 aromatic carbocycles. The molecule has 5 heteroatoms. The lowest BCUT2D eigenvalue weighted by Gasteiger charge is -2.40. The van der Waals surface area contributed by atoms with Crippen molar-refractivity contribution in [2.24, 2.45) is 0 Å². The number of anilines is 1. The Hall–Kier alpha value is -3.70. The summed E-state index contributed by atoms with van der Waals surface area (Å²) in [7, 11) is 0. The lowest BCUT2D eigenvalue weighted by atomic mass is 9.96. The minimum atomic E-state index is 0.260. The molecule has 1 aliphatic heterocycles. The van der Waals surface area contributed by atoms with Gasteiger partial charge in [0.15, 0.2) is 5.82 Å². The summed E-state index contributed by atoms with van der Waals surface area (Å²) in [5.74, 6) is 1.00. The fraction of sp³-hybridized carbons (Fsp3) is 0.214. The Morgan fingerprint density at radius 3 is 2.12 bits per heavy atom. The number of H-pyrrole nitrogens is 1. The third-order valence-electron chi connectivity index (χ3n) is 6.73. The fourth-order valence-electron chi connectivity index (χ4n) is 5.11. The lowest BCUT2D eigenvalue weighted by molar-refractivity contribution is 0.212. The number of aromatic amines is 1. The molecule has 0 unspecified atom stereocenters. The molecule has 33 heavy (non-hydrogen) atoms. The third-order valence-corrected chi connectivity index (χ3v) is 6.73. The minimum absolute atomic E-state index is 0.260. The molecule has 0 amide bonds. The van der Waals surface area contributed by atoms with Crippen molar-refractivity contribution in [3.63, 3.8) is 0 Å². The van der Waals surface area contributed by atoms with Crippen molar-refractivity contribution in [2.45, 2.75) is 13.0 Å². The monoisotopic (exact) mass is 433 g/mol. The van der Waals surface area contributed by atoms with Crippen LogP contribution in [0.1, 0.15) is 22.7 Å². The second kappa shape index (κ2) is 8.34. The number of aryl methyl sites for hydroxylation is 1. The molecule has 2 aromatic heterocycles. The van der Waals surface area contributed by atoms with Crippen LogP contribution in [-0.4, -0.2) is 46.0 Å². The Labute approximate surface area is 193 Å². The van der Waals surface area contributed by atoms with Gasteiger partial charge in [-0.2, -0.15) is 0 Å². The van der Waals surface area contributed by atoms with Gasteiger partial charge < -0.3 is 9.88 Å². The van der Waals surface area contributed by atoms with Crippen LogP contribution in [0.15, 0.2) is 85.2 Å². The SMILES string of the molecule is Cc1ccc2[nH]c3c(N4CCN(C(c5ccccc5)c5ccccc5)CC4)ncnc3c2c1. The van der Waals surface area contributed by atoms with E-state index in [2.05, 4.69) is 106 Å². The predicted octanol–water partition coefficient (Wildman–Crippen LogP) is 5.33. The zero-order valence-electron chi connectivity index (χ0n) is 18.8. The van der Waals surface area contributed by atoms with Gasteiger partial charge in [0, 0.05) is 37.1 Å². The average Bonchev–Trinajstić information content (AvgIpc) is 3.24. The molecule has 1 N–H and O–H groups in total. The summed E-state index contributed by atoms with van der Waals surface area (Å²) in [6.45, 7) is 5.92. The topological polar surface area (TPSA) is 48.1 Å². The molecule has 164 valence electrons. The van der Waals surface area contributed by atoms with Crippen LogP contribution in [0.3, 0.4) is 0 Å². The summed E-state index contributed by atoms with van der Waals surface area (Å²) < 4.78 is 0. The summed E-state index contributed by atoms with van der Waals surface area (Å²) in [5.41, 5.74) is 7.08. The van der Waals surface area contributed by atoms with Gasteiger partial charge in [0.25, 0.3) is 0 Å². The smallest absolute Gasteiger partial charge is 0.156 e. The van der Waals surface area contributed by atoms with E-state index in [0.717, 1.165) is 48.5 Å². The van der Waals surface area contributed by atoms with Crippen molar-refractivity contribution in [1.82, 2.24) is 19.9 Å². The van der Waals surface area contributed by atoms with Crippen molar-refractivity contribution >= 4 is 27.8 Å². The Balaban J connectivity index is 1.30. The van der Waals surface area contributed by atoms with Gasteiger partial charge in [0.1, 0.15) is 17.4 Å². The van der Waals surface area contributed by atoms with Gasteiger partial charge in [0.05, 0.1) is 6.04 Å². The summed E-state index contributed by atoms with van der Waals surface area (Å²) in [4.78, 5) is 17.9. The summed E-state index contributed by atoms with van der Waals surface area (Å²) in [6.07, 6.45) is 1.70. The van der Waals surface area contributed by atoms with Crippen LogP contribution in [-0.2, 0) is 0 Å². The van der Waals surface area contributed by atoms with E-state index in [1.54, 1.807) is 6.33 Å². The first-order valence-corrected chi connectivity index (χ1v) is 11.6. The Morgan fingerprint density at radius 2 is 1.45 bits per heavy atom. The zero-order valence-corrected chi connectivity index (χ0v) is 18.8. The van der Waals surface area contributed by atoms with Gasteiger partial charge in [-0.05, 0) is 30.2 Å². The second-order valence-electron chi connectivity index (χ2n) is 8.84. The van der Waals surface area contributed by atoms with Crippen molar-refractivity contribution in [3.05, 3.63) is 102 Å². The van der Waals surface area contributed by atoms with Crippen molar-refractivity contribution in [1.29, 1.82) is 0 Å². The number of aromatic nitrogens is 3. The van der Waals surface area contributed by atoms with E-state index >= 15 is 0 Å². The highest BCUT2D eigenvalue weighted by atomic mass is 15.3. The van der Waals surface area contributed by atoms with E-state index in [1.165, 1.54) is 22.1 Å².